The Balaban J connectivity index is 1.37. The van der Waals surface area contributed by atoms with Crippen LogP contribution in [0.5, 0.6) is 17.2 Å². The zero-order chi connectivity index (χ0) is 26.6. The largest absolute Gasteiger partial charge is 0.497 e. The summed E-state index contributed by atoms with van der Waals surface area (Å²) >= 11 is 0. The maximum Gasteiger partial charge on any atom is 0.194 e. The van der Waals surface area contributed by atoms with Crippen molar-refractivity contribution in [2.24, 2.45) is 0 Å². The fourth-order valence-corrected chi connectivity index (χ4v) is 5.85. The van der Waals surface area contributed by atoms with Crippen LogP contribution in [-0.2, 0) is 32.7 Å². The van der Waals surface area contributed by atoms with Gasteiger partial charge in [0, 0.05) is 30.2 Å². The smallest absolute Gasteiger partial charge is 0.194 e. The van der Waals surface area contributed by atoms with Crippen LogP contribution in [0, 0.1) is 17.5 Å². The Kier molecular flexibility index (Phi) is 6.20. The fraction of sp³-hybridized carbons (Fsp3) is 0.310. The number of hydrogen-bond donors (Lipinski definition) is 1. The van der Waals surface area contributed by atoms with Gasteiger partial charge in [0.15, 0.2) is 29.0 Å². The Labute approximate surface area is 217 Å². The van der Waals surface area contributed by atoms with Gasteiger partial charge < -0.3 is 23.9 Å². The third-order valence-corrected chi connectivity index (χ3v) is 7.72. The Bertz CT molecular complexity index is 1530. The van der Waals surface area contributed by atoms with E-state index in [2.05, 4.69) is 4.90 Å². The predicted molar refractivity (Wildman–Crippen MR) is 135 cm³/mol. The number of aliphatic hydroxyl groups is 1. The number of aromatic nitrogens is 1. The summed E-state index contributed by atoms with van der Waals surface area (Å²) < 4.78 is 59.7. The molecule has 9 heteroatoms. The molecule has 3 aromatic carbocycles. The number of benzene rings is 3. The van der Waals surface area contributed by atoms with Crippen LogP contribution in [0.15, 0.2) is 42.5 Å². The highest BCUT2D eigenvalue weighted by Gasteiger charge is 2.36. The molecule has 0 saturated heterocycles. The van der Waals surface area contributed by atoms with Crippen LogP contribution in [0.2, 0.25) is 0 Å². The number of halogens is 3. The highest BCUT2D eigenvalue weighted by molar-refractivity contribution is 5.87. The van der Waals surface area contributed by atoms with Crippen molar-refractivity contribution >= 4 is 10.9 Å². The molecule has 6 rings (SSSR count). The summed E-state index contributed by atoms with van der Waals surface area (Å²) in [5, 5.41) is 11.2. The van der Waals surface area contributed by atoms with Crippen LogP contribution < -0.4 is 14.2 Å². The molecule has 4 aromatic rings. The lowest BCUT2D eigenvalue weighted by Crippen LogP contribution is -2.39. The van der Waals surface area contributed by atoms with Crippen LogP contribution in [0.4, 0.5) is 13.2 Å². The van der Waals surface area contributed by atoms with Gasteiger partial charge in [0.2, 0.25) is 0 Å². The zero-order valence-corrected chi connectivity index (χ0v) is 21.1. The van der Waals surface area contributed by atoms with E-state index in [0.29, 0.717) is 18.0 Å². The molecule has 3 heterocycles. The summed E-state index contributed by atoms with van der Waals surface area (Å²) in [5.41, 5.74) is 5.67. The summed E-state index contributed by atoms with van der Waals surface area (Å²) in [4.78, 5) is 2.40. The van der Waals surface area contributed by atoms with Crippen molar-refractivity contribution < 1.29 is 32.5 Å². The lowest BCUT2D eigenvalue weighted by molar-refractivity contribution is 0.145. The molecule has 0 radical (unpaired) electrons. The van der Waals surface area contributed by atoms with E-state index in [1.165, 1.54) is 5.56 Å². The average molecular weight is 525 g/mol. The van der Waals surface area contributed by atoms with Gasteiger partial charge in [-0.25, -0.2) is 13.2 Å². The predicted octanol–water partition coefficient (Wildman–Crippen LogP) is 5.26. The van der Waals surface area contributed by atoms with E-state index in [4.69, 9.17) is 14.2 Å². The molecule has 0 bridgehead atoms. The highest BCUT2D eigenvalue weighted by Crippen LogP contribution is 2.45. The van der Waals surface area contributed by atoms with Gasteiger partial charge in [0.25, 0.3) is 0 Å². The van der Waals surface area contributed by atoms with Crippen molar-refractivity contribution in [2.75, 3.05) is 20.8 Å². The average Bonchev–Trinajstić information content (AvgIpc) is 3.24. The van der Waals surface area contributed by atoms with E-state index >= 15 is 0 Å². The van der Waals surface area contributed by atoms with E-state index in [-0.39, 0.29) is 24.9 Å². The molecule has 1 unspecified atom stereocenters. The van der Waals surface area contributed by atoms with Gasteiger partial charge in [-0.1, -0.05) is 0 Å². The molecule has 2 aliphatic heterocycles. The van der Waals surface area contributed by atoms with Gasteiger partial charge in [-0.2, -0.15) is 0 Å². The van der Waals surface area contributed by atoms with Crippen LogP contribution in [0.25, 0.3) is 10.9 Å². The van der Waals surface area contributed by atoms with Gasteiger partial charge in [-0.15, -0.1) is 0 Å². The SMILES string of the molecule is COc1ccc2c(c1)c1c(n2CO)CN2CCc3cc(OC)c(OCc4cc(F)c(F)c(F)c4)cc3C2C1. The Morgan fingerprint density at radius 2 is 1.76 bits per heavy atom. The molecule has 1 N–H and O–H groups in total. The fourth-order valence-electron chi connectivity index (χ4n) is 5.85. The van der Waals surface area contributed by atoms with Gasteiger partial charge >= 0.3 is 0 Å². The number of fused-ring (bicyclic) bond motifs is 6. The van der Waals surface area contributed by atoms with Crippen LogP contribution >= 0.6 is 0 Å². The second kappa shape index (κ2) is 9.56. The molecular formula is C29H27F3N2O4. The molecule has 6 nitrogen and oxygen atoms in total. The normalized spacial score (nSPS) is 16.6. The van der Waals surface area contributed by atoms with E-state index in [0.717, 1.165) is 65.0 Å². The highest BCUT2D eigenvalue weighted by atomic mass is 19.2. The number of methoxy groups -OCH3 is 2. The maximum atomic E-state index is 13.7. The number of nitrogens with zero attached hydrogens (tertiary/aromatic N) is 2. The van der Waals surface area contributed by atoms with Crippen molar-refractivity contribution in [3.05, 3.63) is 87.9 Å². The van der Waals surface area contributed by atoms with E-state index in [1.807, 2.05) is 34.9 Å². The molecule has 1 atom stereocenters. The van der Waals surface area contributed by atoms with Gasteiger partial charge in [0.05, 0.1) is 19.7 Å². The first-order chi connectivity index (χ1) is 18.4. The number of hydrogen-bond acceptors (Lipinski definition) is 5. The minimum atomic E-state index is -1.50. The number of ether oxygens (including phenoxy) is 3. The van der Waals surface area contributed by atoms with Crippen molar-refractivity contribution in [3.63, 3.8) is 0 Å². The first-order valence-corrected chi connectivity index (χ1v) is 12.4. The lowest BCUT2D eigenvalue weighted by atomic mass is 9.85. The monoisotopic (exact) mass is 524 g/mol. The second-order valence-electron chi connectivity index (χ2n) is 9.68. The number of aliphatic hydroxyl groups excluding tert-OH is 1. The Morgan fingerprint density at radius 1 is 0.974 bits per heavy atom. The molecule has 0 fully saturated rings. The summed E-state index contributed by atoms with van der Waals surface area (Å²) in [6, 6.07) is 11.7. The zero-order valence-electron chi connectivity index (χ0n) is 21.1. The standard InChI is InChI=1S/C29H27F3N2O4/c1-36-18-3-4-24-20(10-18)21-11-25-19-12-28(38-14-16-7-22(30)29(32)23(31)8-16)27(37-2)9-17(19)5-6-33(25)13-26(21)34(24)15-35/h3-4,7-10,12,25,35H,5-6,11,13-15H2,1-2H3. The van der Waals surface area contributed by atoms with E-state index in [1.54, 1.807) is 14.2 Å². The third-order valence-electron chi connectivity index (χ3n) is 7.72. The summed E-state index contributed by atoms with van der Waals surface area (Å²) in [7, 11) is 3.18. The topological polar surface area (TPSA) is 56.1 Å². The first kappa shape index (κ1) is 24.6. The summed E-state index contributed by atoms with van der Waals surface area (Å²) in [5.74, 6) is -2.28. The van der Waals surface area contributed by atoms with Gasteiger partial charge in [-0.3, -0.25) is 4.90 Å². The minimum absolute atomic E-state index is 0.0733. The first-order valence-electron chi connectivity index (χ1n) is 12.4. The van der Waals surface area contributed by atoms with E-state index in [9.17, 15) is 18.3 Å². The quantitative estimate of drug-likeness (QED) is 0.349. The molecular weight excluding hydrogens is 497 g/mol. The lowest BCUT2D eigenvalue weighted by Gasteiger charge is -2.41. The van der Waals surface area contributed by atoms with Crippen molar-refractivity contribution in [1.29, 1.82) is 0 Å². The molecule has 1 aromatic heterocycles. The molecule has 0 spiro atoms. The van der Waals surface area contributed by atoms with Crippen molar-refractivity contribution in [3.8, 4) is 17.2 Å². The van der Waals surface area contributed by atoms with Crippen LogP contribution in [-0.4, -0.2) is 35.3 Å². The van der Waals surface area contributed by atoms with Crippen LogP contribution in [0.1, 0.15) is 34.0 Å². The van der Waals surface area contributed by atoms with Crippen LogP contribution in [0.3, 0.4) is 0 Å². The van der Waals surface area contributed by atoms with E-state index < -0.39 is 17.5 Å². The maximum absolute atomic E-state index is 13.7. The molecule has 0 saturated carbocycles. The minimum Gasteiger partial charge on any atom is -0.497 e. The summed E-state index contributed by atoms with van der Waals surface area (Å²) in [6.45, 7) is 1.29. The molecule has 38 heavy (non-hydrogen) atoms. The van der Waals surface area contributed by atoms with Crippen molar-refractivity contribution in [2.45, 2.75) is 38.8 Å². The molecule has 0 aliphatic carbocycles. The second-order valence-corrected chi connectivity index (χ2v) is 9.68. The Morgan fingerprint density at radius 3 is 2.47 bits per heavy atom. The molecule has 0 amide bonds. The number of rotatable bonds is 6. The Hall–Kier alpha value is -3.69. The van der Waals surface area contributed by atoms with Crippen molar-refractivity contribution in [1.82, 2.24) is 9.47 Å². The molecule has 2 aliphatic rings. The van der Waals surface area contributed by atoms with Gasteiger partial charge in [-0.05, 0) is 77.6 Å². The van der Waals surface area contributed by atoms with Gasteiger partial charge in [0.1, 0.15) is 19.1 Å². The summed E-state index contributed by atoms with van der Waals surface area (Å²) in [6.07, 6.45) is 1.55. The third kappa shape index (κ3) is 3.97. The molecule has 198 valence electrons.